The van der Waals surface area contributed by atoms with E-state index in [0.29, 0.717) is 29.2 Å². The van der Waals surface area contributed by atoms with E-state index in [-0.39, 0.29) is 5.75 Å². The molecule has 2 aromatic rings. The van der Waals surface area contributed by atoms with Gasteiger partial charge in [0.15, 0.2) is 0 Å². The van der Waals surface area contributed by atoms with Gasteiger partial charge >= 0.3 is 0 Å². The van der Waals surface area contributed by atoms with Crippen molar-refractivity contribution in [1.29, 1.82) is 0 Å². The lowest BCUT2D eigenvalue weighted by Crippen LogP contribution is -2.32. The number of hydrogen-bond donors (Lipinski definition) is 1. The van der Waals surface area contributed by atoms with E-state index in [9.17, 15) is 21.6 Å². The summed E-state index contributed by atoms with van der Waals surface area (Å²) < 4.78 is 50.1. The third-order valence-electron chi connectivity index (χ3n) is 4.37. The van der Waals surface area contributed by atoms with Crippen LogP contribution in [0.2, 0.25) is 0 Å². The Morgan fingerprint density at radius 1 is 0.966 bits per heavy atom. The normalized spacial score (nSPS) is 11.7. The number of sulfonamides is 2. The molecule has 0 atom stereocenters. The lowest BCUT2D eigenvalue weighted by atomic mass is 10.2. The SMILES string of the molecule is CCN(c1ccc(C(=O)Nc2cccc(N(C)S(C)(=O)=O)c2)cc1)S(=O)(=O)CC. The minimum atomic E-state index is -3.42. The van der Waals surface area contributed by atoms with Crippen molar-refractivity contribution in [3.63, 3.8) is 0 Å². The first-order valence-electron chi connectivity index (χ1n) is 8.95. The number of hydrogen-bond acceptors (Lipinski definition) is 5. The Morgan fingerprint density at radius 3 is 2.10 bits per heavy atom. The fourth-order valence-corrected chi connectivity index (χ4v) is 4.29. The number of rotatable bonds is 8. The molecule has 8 nitrogen and oxygen atoms in total. The van der Waals surface area contributed by atoms with Crippen LogP contribution in [0.1, 0.15) is 24.2 Å². The highest BCUT2D eigenvalue weighted by molar-refractivity contribution is 7.92. The van der Waals surface area contributed by atoms with Crippen LogP contribution in [0.5, 0.6) is 0 Å². The van der Waals surface area contributed by atoms with Gasteiger partial charge in [-0.3, -0.25) is 13.4 Å². The molecule has 0 aliphatic heterocycles. The molecule has 0 fully saturated rings. The van der Waals surface area contributed by atoms with Crippen molar-refractivity contribution in [2.24, 2.45) is 0 Å². The Hall–Kier alpha value is -2.59. The minimum absolute atomic E-state index is 0.0126. The van der Waals surface area contributed by atoms with Gasteiger partial charge in [-0.25, -0.2) is 16.8 Å². The number of amides is 1. The first kappa shape index (κ1) is 22.7. The smallest absolute Gasteiger partial charge is 0.255 e. The highest BCUT2D eigenvalue weighted by atomic mass is 32.2. The summed E-state index contributed by atoms with van der Waals surface area (Å²) in [5, 5.41) is 2.72. The van der Waals surface area contributed by atoms with Gasteiger partial charge in [-0.15, -0.1) is 0 Å². The van der Waals surface area contributed by atoms with Crippen molar-refractivity contribution in [3.8, 4) is 0 Å². The van der Waals surface area contributed by atoms with E-state index in [1.165, 1.54) is 11.4 Å². The van der Waals surface area contributed by atoms with E-state index < -0.39 is 26.0 Å². The first-order valence-corrected chi connectivity index (χ1v) is 12.4. The highest BCUT2D eigenvalue weighted by Crippen LogP contribution is 2.22. The quantitative estimate of drug-likeness (QED) is 0.681. The maximum atomic E-state index is 12.5. The zero-order chi connectivity index (χ0) is 21.8. The zero-order valence-corrected chi connectivity index (χ0v) is 18.4. The van der Waals surface area contributed by atoms with Gasteiger partial charge in [0.2, 0.25) is 20.0 Å². The Bertz CT molecular complexity index is 1080. The van der Waals surface area contributed by atoms with Gasteiger partial charge in [0.05, 0.1) is 23.4 Å². The number of carbonyl (C=O) groups is 1. The topological polar surface area (TPSA) is 104 Å². The van der Waals surface area contributed by atoms with E-state index in [0.717, 1.165) is 10.6 Å². The summed E-state index contributed by atoms with van der Waals surface area (Å²) in [6.45, 7) is 3.62. The van der Waals surface area contributed by atoms with Gasteiger partial charge in [-0.2, -0.15) is 0 Å². The first-order chi connectivity index (χ1) is 13.5. The molecule has 0 radical (unpaired) electrons. The van der Waals surface area contributed by atoms with E-state index >= 15 is 0 Å². The number of carbonyl (C=O) groups excluding carboxylic acids is 1. The van der Waals surface area contributed by atoms with Crippen molar-refractivity contribution < 1.29 is 21.6 Å². The molecule has 1 N–H and O–H groups in total. The van der Waals surface area contributed by atoms with Crippen LogP contribution in [0, 0.1) is 0 Å². The van der Waals surface area contributed by atoms with Crippen molar-refractivity contribution in [1.82, 2.24) is 0 Å². The van der Waals surface area contributed by atoms with E-state index in [1.807, 2.05) is 0 Å². The number of benzene rings is 2. The van der Waals surface area contributed by atoms with Crippen LogP contribution in [0.15, 0.2) is 48.5 Å². The van der Waals surface area contributed by atoms with Gasteiger partial charge in [0, 0.05) is 24.8 Å². The zero-order valence-electron chi connectivity index (χ0n) is 16.8. The maximum Gasteiger partial charge on any atom is 0.255 e. The van der Waals surface area contributed by atoms with Gasteiger partial charge in [0.25, 0.3) is 5.91 Å². The van der Waals surface area contributed by atoms with Crippen molar-refractivity contribution >= 4 is 43.0 Å². The molecule has 0 saturated heterocycles. The lowest BCUT2D eigenvalue weighted by molar-refractivity contribution is 0.102. The maximum absolute atomic E-state index is 12.5. The molecule has 0 bridgehead atoms. The van der Waals surface area contributed by atoms with Gasteiger partial charge < -0.3 is 5.32 Å². The fraction of sp³-hybridized carbons (Fsp3) is 0.316. The molecule has 0 saturated carbocycles. The summed E-state index contributed by atoms with van der Waals surface area (Å²) in [5.41, 5.74) is 1.70. The molecule has 0 unspecified atom stereocenters. The Balaban J connectivity index is 2.20. The molecule has 0 spiro atoms. The van der Waals surface area contributed by atoms with E-state index in [4.69, 9.17) is 0 Å². The minimum Gasteiger partial charge on any atom is -0.322 e. The van der Waals surface area contributed by atoms with Crippen LogP contribution in [0.4, 0.5) is 17.1 Å². The number of nitrogens with one attached hydrogen (secondary N) is 1. The molecule has 0 aliphatic carbocycles. The summed E-state index contributed by atoms with van der Waals surface area (Å²) in [7, 11) is -5.38. The second kappa shape index (κ2) is 8.83. The third-order valence-corrected chi connectivity index (χ3v) is 7.45. The molecule has 10 heteroatoms. The van der Waals surface area contributed by atoms with Crippen LogP contribution >= 0.6 is 0 Å². The molecule has 1 amide bonds. The van der Waals surface area contributed by atoms with Crippen molar-refractivity contribution in [2.75, 3.05) is 39.5 Å². The lowest BCUT2D eigenvalue weighted by Gasteiger charge is -2.22. The standard InChI is InChI=1S/C19H25N3O5S2/c1-5-22(29(26,27)6-2)17-12-10-15(11-13-17)19(23)20-16-8-7-9-18(14-16)21(3)28(4,24)25/h7-14H,5-6H2,1-4H3,(H,20,23). The van der Waals surface area contributed by atoms with Crippen LogP contribution in [0.3, 0.4) is 0 Å². The molecular weight excluding hydrogens is 414 g/mol. The summed E-state index contributed by atoms with van der Waals surface area (Å²) in [6, 6.07) is 12.7. The predicted octanol–water partition coefficient (Wildman–Crippen LogP) is 2.51. The Labute approximate surface area is 172 Å². The predicted molar refractivity (Wildman–Crippen MR) is 117 cm³/mol. The van der Waals surface area contributed by atoms with Gasteiger partial charge in [0.1, 0.15) is 0 Å². The number of anilines is 3. The summed E-state index contributed by atoms with van der Waals surface area (Å²) in [6.07, 6.45) is 1.10. The summed E-state index contributed by atoms with van der Waals surface area (Å²) in [5.74, 6) is -0.404. The fourth-order valence-electron chi connectivity index (χ4n) is 2.65. The van der Waals surface area contributed by atoms with Gasteiger partial charge in [-0.05, 0) is 56.3 Å². The van der Waals surface area contributed by atoms with Crippen molar-refractivity contribution in [3.05, 3.63) is 54.1 Å². The van der Waals surface area contributed by atoms with Crippen LogP contribution < -0.4 is 13.9 Å². The van der Waals surface area contributed by atoms with Crippen LogP contribution in [-0.2, 0) is 20.0 Å². The molecule has 2 rings (SSSR count). The second-order valence-corrected chi connectivity index (χ2v) is 10.5. The summed E-state index contributed by atoms with van der Waals surface area (Å²) >= 11 is 0. The second-order valence-electron chi connectivity index (χ2n) is 6.35. The molecule has 0 aromatic heterocycles. The molecule has 29 heavy (non-hydrogen) atoms. The largest absolute Gasteiger partial charge is 0.322 e. The monoisotopic (exact) mass is 439 g/mol. The Morgan fingerprint density at radius 2 is 1.59 bits per heavy atom. The molecule has 158 valence electrons. The number of nitrogens with zero attached hydrogens (tertiary/aromatic N) is 2. The Kier molecular flexibility index (Phi) is 6.91. The summed E-state index contributed by atoms with van der Waals surface area (Å²) in [4.78, 5) is 12.5. The van der Waals surface area contributed by atoms with E-state index in [2.05, 4.69) is 5.32 Å². The molecule has 0 aliphatic rings. The highest BCUT2D eigenvalue weighted by Gasteiger charge is 2.19. The van der Waals surface area contributed by atoms with Crippen LogP contribution in [0.25, 0.3) is 0 Å². The molecule has 2 aromatic carbocycles. The third kappa shape index (κ3) is 5.48. The van der Waals surface area contributed by atoms with Crippen LogP contribution in [-0.4, -0.2) is 48.3 Å². The molecular formula is C19H25N3O5S2. The van der Waals surface area contributed by atoms with E-state index in [1.54, 1.807) is 62.4 Å². The average molecular weight is 440 g/mol. The molecule has 0 heterocycles. The average Bonchev–Trinajstić information content (AvgIpc) is 2.67. The van der Waals surface area contributed by atoms with Gasteiger partial charge in [-0.1, -0.05) is 6.07 Å². The van der Waals surface area contributed by atoms with Crippen molar-refractivity contribution in [2.45, 2.75) is 13.8 Å².